The molecule has 0 unspecified atom stereocenters. The number of nitrogens with zero attached hydrogens (tertiary/aromatic N) is 2. The number of carbonyl (C=O) groups is 2. The second kappa shape index (κ2) is 12.5. The molecule has 5 heteroatoms. The van der Waals surface area contributed by atoms with Gasteiger partial charge in [0.1, 0.15) is 0 Å². The van der Waals surface area contributed by atoms with Gasteiger partial charge in [-0.3, -0.25) is 14.5 Å². The number of hydrogen-bond donors (Lipinski definition) is 0. The fraction of sp³-hybridized carbons (Fsp3) is 0.500. The zero-order valence-corrected chi connectivity index (χ0v) is 21.1. The molecule has 180 valence electrons. The van der Waals surface area contributed by atoms with Crippen molar-refractivity contribution in [1.82, 2.24) is 9.80 Å². The molecular formula is C28H40N2O3. The lowest BCUT2D eigenvalue weighted by Crippen LogP contribution is -2.56. The first-order chi connectivity index (χ1) is 15.8. The van der Waals surface area contributed by atoms with Gasteiger partial charge in [-0.15, -0.1) is 0 Å². The van der Waals surface area contributed by atoms with E-state index in [4.69, 9.17) is 4.74 Å². The number of rotatable bonds is 6. The van der Waals surface area contributed by atoms with Gasteiger partial charge in [0.2, 0.25) is 5.91 Å². The van der Waals surface area contributed by atoms with Crippen molar-refractivity contribution in [3.8, 4) is 0 Å². The summed E-state index contributed by atoms with van der Waals surface area (Å²) in [4.78, 5) is 29.5. The van der Waals surface area contributed by atoms with Crippen LogP contribution in [-0.4, -0.2) is 54.5 Å². The highest BCUT2D eigenvalue weighted by Crippen LogP contribution is 2.33. The van der Waals surface area contributed by atoms with Crippen molar-refractivity contribution in [2.75, 3.05) is 26.7 Å². The van der Waals surface area contributed by atoms with Crippen LogP contribution in [0.15, 0.2) is 60.7 Å². The largest absolute Gasteiger partial charge is 0.469 e. The number of piperazine rings is 1. The Kier molecular flexibility index (Phi) is 10.1. The van der Waals surface area contributed by atoms with Gasteiger partial charge in [-0.05, 0) is 16.5 Å². The molecule has 0 radical (unpaired) electrons. The van der Waals surface area contributed by atoms with Gasteiger partial charge < -0.3 is 9.64 Å². The number of esters is 1. The van der Waals surface area contributed by atoms with Crippen molar-refractivity contribution in [3.63, 3.8) is 0 Å². The third-order valence-corrected chi connectivity index (χ3v) is 5.75. The minimum absolute atomic E-state index is 0.0110. The number of ether oxygens (including phenoxy) is 1. The summed E-state index contributed by atoms with van der Waals surface area (Å²) in [5.41, 5.74) is 2.29. The Bertz CT molecular complexity index is 822. The number of methoxy groups -OCH3 is 1. The molecule has 0 N–H and O–H groups in total. The maximum absolute atomic E-state index is 12.9. The Morgan fingerprint density at radius 1 is 0.939 bits per heavy atom. The predicted octanol–water partition coefficient (Wildman–Crippen LogP) is 5.31. The van der Waals surface area contributed by atoms with E-state index in [1.165, 1.54) is 18.2 Å². The number of hydrogen-bond acceptors (Lipinski definition) is 4. The van der Waals surface area contributed by atoms with Gasteiger partial charge >= 0.3 is 5.97 Å². The predicted molar refractivity (Wildman–Crippen MR) is 134 cm³/mol. The average molecular weight is 453 g/mol. The van der Waals surface area contributed by atoms with E-state index in [-0.39, 0.29) is 35.8 Å². The molecule has 0 spiro atoms. The molecule has 1 aliphatic heterocycles. The molecule has 1 fully saturated rings. The topological polar surface area (TPSA) is 49.9 Å². The normalized spacial score (nSPS) is 16.7. The molecule has 1 saturated heterocycles. The highest BCUT2D eigenvalue weighted by Gasteiger charge is 2.37. The Balaban J connectivity index is 0.00000187. The first-order valence-corrected chi connectivity index (χ1v) is 12.0. The molecule has 33 heavy (non-hydrogen) atoms. The number of benzene rings is 2. The fourth-order valence-corrected chi connectivity index (χ4v) is 4.30. The van der Waals surface area contributed by atoms with E-state index in [1.807, 2.05) is 55.1 Å². The lowest BCUT2D eigenvalue weighted by atomic mass is 9.90. The van der Waals surface area contributed by atoms with Gasteiger partial charge in [0.05, 0.1) is 19.6 Å². The third-order valence-electron chi connectivity index (χ3n) is 5.75. The molecule has 0 saturated carbocycles. The lowest BCUT2D eigenvalue weighted by molar-refractivity contribution is -0.145. The summed E-state index contributed by atoms with van der Waals surface area (Å²) in [5, 5.41) is 0. The molecule has 2 aromatic rings. The molecular weight excluding hydrogens is 412 g/mol. The molecule has 3 rings (SSSR count). The lowest BCUT2D eigenvalue weighted by Gasteiger charge is -2.45. The summed E-state index contributed by atoms with van der Waals surface area (Å²) < 4.78 is 5.00. The maximum Gasteiger partial charge on any atom is 0.307 e. The zero-order valence-electron chi connectivity index (χ0n) is 21.1. The first kappa shape index (κ1) is 26.6. The van der Waals surface area contributed by atoms with E-state index in [0.717, 1.165) is 0 Å². The third kappa shape index (κ3) is 7.71. The number of carbonyl (C=O) groups excluding carboxylic acids is 2. The van der Waals surface area contributed by atoms with E-state index >= 15 is 0 Å². The Morgan fingerprint density at radius 2 is 1.45 bits per heavy atom. The summed E-state index contributed by atoms with van der Waals surface area (Å²) in [7, 11) is 1.42. The van der Waals surface area contributed by atoms with Crippen molar-refractivity contribution in [1.29, 1.82) is 0 Å². The second-order valence-corrected chi connectivity index (χ2v) is 9.47. The van der Waals surface area contributed by atoms with E-state index in [1.54, 1.807) is 0 Å². The molecule has 0 aliphatic carbocycles. The van der Waals surface area contributed by atoms with E-state index in [9.17, 15) is 9.59 Å². The highest BCUT2D eigenvalue weighted by atomic mass is 16.5. The molecule has 0 aromatic heterocycles. The Hall–Kier alpha value is -2.66. The van der Waals surface area contributed by atoms with Gasteiger partial charge in [-0.2, -0.15) is 0 Å². The summed E-state index contributed by atoms with van der Waals surface area (Å²) in [5.74, 6) is -0.0991. The van der Waals surface area contributed by atoms with E-state index < -0.39 is 0 Å². The molecule has 2 aromatic carbocycles. The van der Waals surface area contributed by atoms with E-state index in [2.05, 4.69) is 49.9 Å². The highest BCUT2D eigenvalue weighted by molar-refractivity contribution is 5.77. The minimum Gasteiger partial charge on any atom is -0.469 e. The molecule has 1 atom stereocenters. The molecule has 5 nitrogen and oxygen atoms in total. The molecule has 1 aliphatic rings. The second-order valence-electron chi connectivity index (χ2n) is 9.47. The van der Waals surface area contributed by atoms with Gasteiger partial charge in [-0.1, -0.05) is 95.3 Å². The quantitative estimate of drug-likeness (QED) is 0.557. The van der Waals surface area contributed by atoms with Crippen LogP contribution in [0.1, 0.15) is 64.6 Å². The van der Waals surface area contributed by atoms with Crippen LogP contribution in [0, 0.1) is 5.41 Å². The maximum atomic E-state index is 12.9. The van der Waals surface area contributed by atoms with Gasteiger partial charge in [0.25, 0.3) is 0 Å². The smallest absolute Gasteiger partial charge is 0.307 e. The monoisotopic (exact) mass is 452 g/mol. The molecule has 1 heterocycles. The van der Waals surface area contributed by atoms with Crippen LogP contribution in [-0.2, 0) is 14.3 Å². The van der Waals surface area contributed by atoms with Crippen LogP contribution in [0.4, 0.5) is 0 Å². The van der Waals surface area contributed by atoms with Crippen LogP contribution in [0.5, 0.6) is 0 Å². The van der Waals surface area contributed by atoms with Crippen LogP contribution in [0.25, 0.3) is 0 Å². The standard InChI is InChI=1S/C26H34N2O3.C2H6/c1-26(2,3)18-23(29)27-15-16-28(22(19-27)17-24(30)31-4)25(20-11-7-5-8-12-20)21-13-9-6-10-14-21;1-2/h5-14,22,25H,15-19H2,1-4H3;1-2H3/t22-;/m1./s1. The van der Waals surface area contributed by atoms with Crippen LogP contribution < -0.4 is 0 Å². The van der Waals surface area contributed by atoms with Crippen LogP contribution in [0.2, 0.25) is 0 Å². The van der Waals surface area contributed by atoms with Gasteiger partial charge in [-0.25, -0.2) is 0 Å². The molecule has 0 bridgehead atoms. The summed E-state index contributed by atoms with van der Waals surface area (Å²) in [6, 6.07) is 20.6. The summed E-state index contributed by atoms with van der Waals surface area (Å²) in [6.45, 7) is 12.1. The van der Waals surface area contributed by atoms with Crippen molar-refractivity contribution in [3.05, 3.63) is 71.8 Å². The van der Waals surface area contributed by atoms with Crippen molar-refractivity contribution in [2.45, 2.75) is 59.5 Å². The Labute approximate surface area is 199 Å². The van der Waals surface area contributed by atoms with Crippen LogP contribution in [0.3, 0.4) is 0 Å². The fourth-order valence-electron chi connectivity index (χ4n) is 4.30. The van der Waals surface area contributed by atoms with Crippen molar-refractivity contribution in [2.24, 2.45) is 5.41 Å². The van der Waals surface area contributed by atoms with Crippen LogP contribution >= 0.6 is 0 Å². The van der Waals surface area contributed by atoms with Gasteiger partial charge in [0.15, 0.2) is 0 Å². The van der Waals surface area contributed by atoms with Crippen molar-refractivity contribution < 1.29 is 14.3 Å². The zero-order chi connectivity index (χ0) is 24.4. The number of amides is 1. The van der Waals surface area contributed by atoms with Crippen molar-refractivity contribution >= 4 is 11.9 Å². The summed E-state index contributed by atoms with van der Waals surface area (Å²) in [6.07, 6.45) is 0.755. The van der Waals surface area contributed by atoms with Gasteiger partial charge in [0, 0.05) is 32.1 Å². The summed E-state index contributed by atoms with van der Waals surface area (Å²) >= 11 is 0. The first-order valence-electron chi connectivity index (χ1n) is 12.0. The SMILES string of the molecule is CC.COC(=O)C[C@@H]1CN(C(=O)CC(C)(C)C)CCN1C(c1ccccc1)c1ccccc1. The Morgan fingerprint density at radius 3 is 1.91 bits per heavy atom. The molecule has 1 amide bonds. The average Bonchev–Trinajstić information content (AvgIpc) is 2.81. The minimum atomic E-state index is -0.250. The van der Waals surface area contributed by atoms with E-state index in [0.29, 0.717) is 26.1 Å².